The van der Waals surface area contributed by atoms with Gasteiger partial charge in [0.2, 0.25) is 0 Å². The van der Waals surface area contributed by atoms with Gasteiger partial charge in [0.15, 0.2) is 0 Å². The molecule has 18 heavy (non-hydrogen) atoms. The number of alkyl halides is 6. The van der Waals surface area contributed by atoms with E-state index in [0.717, 1.165) is 0 Å². The summed E-state index contributed by atoms with van der Waals surface area (Å²) in [5.41, 5.74) is 0. The van der Waals surface area contributed by atoms with Crippen molar-refractivity contribution in [2.45, 2.75) is 18.8 Å². The minimum absolute atomic E-state index is 0.0596. The first kappa shape index (κ1) is 17.5. The molecule has 0 aromatic heterocycles. The fourth-order valence-corrected chi connectivity index (χ4v) is 0.944. The van der Waals surface area contributed by atoms with Crippen LogP contribution < -0.4 is 5.32 Å². The smallest absolute Gasteiger partial charge is 0.372 e. The zero-order valence-electron chi connectivity index (χ0n) is 9.53. The van der Waals surface area contributed by atoms with Crippen LogP contribution in [0.1, 0.15) is 6.42 Å². The first-order valence-corrected chi connectivity index (χ1v) is 5.20. The number of ether oxygens (including phenoxy) is 2. The van der Waals surface area contributed by atoms with Gasteiger partial charge in [-0.2, -0.15) is 26.3 Å². The average Bonchev–Trinajstić information content (AvgIpc) is 2.17. The molecule has 1 N–H and O–H groups in total. The molecule has 0 saturated carbocycles. The van der Waals surface area contributed by atoms with Crippen LogP contribution in [0.4, 0.5) is 26.3 Å². The molecule has 0 aliphatic carbocycles. The minimum atomic E-state index is -4.34. The van der Waals surface area contributed by atoms with E-state index < -0.39 is 25.6 Å². The Balaban J connectivity index is 3.13. The summed E-state index contributed by atoms with van der Waals surface area (Å²) in [4.78, 5) is 0. The van der Waals surface area contributed by atoms with Crippen LogP contribution in [0.15, 0.2) is 0 Å². The molecule has 110 valence electrons. The van der Waals surface area contributed by atoms with Gasteiger partial charge in [-0.1, -0.05) is 0 Å². The first-order chi connectivity index (χ1) is 8.21. The Morgan fingerprint density at radius 3 is 1.72 bits per heavy atom. The lowest BCUT2D eigenvalue weighted by Gasteiger charge is -2.09. The standard InChI is InChI=1S/C9H15F6NO2/c10-8(11,12)6-17-4-1-2-16-3-5-18-7-9(13,14)15/h16H,1-7H2. The molecule has 0 aliphatic rings. The highest BCUT2D eigenvalue weighted by Crippen LogP contribution is 2.14. The van der Waals surface area contributed by atoms with Crippen LogP contribution >= 0.6 is 0 Å². The summed E-state index contributed by atoms with van der Waals surface area (Å²) in [6.45, 7) is -2.20. The van der Waals surface area contributed by atoms with E-state index in [2.05, 4.69) is 14.8 Å². The third-order valence-corrected chi connectivity index (χ3v) is 1.60. The summed E-state index contributed by atoms with van der Waals surface area (Å²) in [5.74, 6) is 0. The zero-order chi connectivity index (χ0) is 14.1. The van der Waals surface area contributed by atoms with E-state index in [1.54, 1.807) is 0 Å². The van der Waals surface area contributed by atoms with E-state index in [1.807, 2.05) is 0 Å². The van der Waals surface area contributed by atoms with E-state index in [0.29, 0.717) is 13.0 Å². The van der Waals surface area contributed by atoms with Gasteiger partial charge < -0.3 is 14.8 Å². The lowest BCUT2D eigenvalue weighted by Crippen LogP contribution is -2.25. The highest BCUT2D eigenvalue weighted by Gasteiger charge is 2.27. The van der Waals surface area contributed by atoms with Crippen molar-refractivity contribution in [1.29, 1.82) is 0 Å². The van der Waals surface area contributed by atoms with E-state index in [-0.39, 0.29) is 19.8 Å². The quantitative estimate of drug-likeness (QED) is 0.519. The van der Waals surface area contributed by atoms with Gasteiger partial charge >= 0.3 is 12.4 Å². The third-order valence-electron chi connectivity index (χ3n) is 1.60. The predicted octanol–water partition coefficient (Wildman–Crippen LogP) is 2.12. The summed E-state index contributed by atoms with van der Waals surface area (Å²) in [7, 11) is 0. The molecule has 3 nitrogen and oxygen atoms in total. The Morgan fingerprint density at radius 2 is 1.22 bits per heavy atom. The maximum Gasteiger partial charge on any atom is 0.411 e. The van der Waals surface area contributed by atoms with Crippen LogP contribution in [0.2, 0.25) is 0 Å². The molecule has 0 radical (unpaired) electrons. The van der Waals surface area contributed by atoms with Crippen molar-refractivity contribution < 1.29 is 35.8 Å². The molecule has 0 bridgehead atoms. The molecule has 0 rings (SSSR count). The van der Waals surface area contributed by atoms with Gasteiger partial charge in [0, 0.05) is 13.2 Å². The normalized spacial score (nSPS) is 13.0. The molecule has 0 saturated heterocycles. The first-order valence-electron chi connectivity index (χ1n) is 5.20. The second kappa shape index (κ2) is 8.54. The largest absolute Gasteiger partial charge is 0.411 e. The molecule has 9 heteroatoms. The molecule has 0 heterocycles. The lowest BCUT2D eigenvalue weighted by atomic mass is 10.4. The van der Waals surface area contributed by atoms with Crippen molar-refractivity contribution in [3.05, 3.63) is 0 Å². The Hall–Kier alpha value is -0.540. The second-order valence-corrected chi connectivity index (χ2v) is 3.44. The second-order valence-electron chi connectivity index (χ2n) is 3.44. The number of rotatable bonds is 9. The van der Waals surface area contributed by atoms with Crippen molar-refractivity contribution in [2.75, 3.05) is 39.5 Å². The van der Waals surface area contributed by atoms with E-state index >= 15 is 0 Å². The van der Waals surface area contributed by atoms with Crippen LogP contribution in [0.5, 0.6) is 0 Å². The molecule has 0 aliphatic heterocycles. The Labute approximate surface area is 100 Å². The Bertz CT molecular complexity index is 184. The Kier molecular flexibility index (Phi) is 8.29. The zero-order valence-corrected chi connectivity index (χ0v) is 9.53. The lowest BCUT2D eigenvalue weighted by molar-refractivity contribution is -0.174. The molecule has 0 aromatic carbocycles. The number of nitrogens with one attached hydrogen (secondary N) is 1. The molecular formula is C9H15F6NO2. The third kappa shape index (κ3) is 15.5. The summed E-state index contributed by atoms with van der Waals surface area (Å²) >= 11 is 0. The van der Waals surface area contributed by atoms with Crippen molar-refractivity contribution in [2.24, 2.45) is 0 Å². The van der Waals surface area contributed by atoms with Gasteiger partial charge in [-0.25, -0.2) is 0 Å². The van der Waals surface area contributed by atoms with Crippen LogP contribution in [0.25, 0.3) is 0 Å². The number of halogens is 6. The van der Waals surface area contributed by atoms with Gasteiger partial charge in [-0.05, 0) is 13.0 Å². The van der Waals surface area contributed by atoms with Gasteiger partial charge in [0.05, 0.1) is 6.61 Å². The van der Waals surface area contributed by atoms with Gasteiger partial charge in [0.1, 0.15) is 13.2 Å². The van der Waals surface area contributed by atoms with E-state index in [4.69, 9.17) is 0 Å². The molecule has 0 aromatic rings. The van der Waals surface area contributed by atoms with Gasteiger partial charge in [0.25, 0.3) is 0 Å². The molecule has 0 fully saturated rings. The van der Waals surface area contributed by atoms with E-state index in [1.165, 1.54) is 0 Å². The summed E-state index contributed by atoms with van der Waals surface area (Å²) < 4.78 is 78.3. The average molecular weight is 283 g/mol. The van der Waals surface area contributed by atoms with Gasteiger partial charge in [-0.3, -0.25) is 0 Å². The molecule has 0 atom stereocenters. The molecule has 0 spiro atoms. The highest BCUT2D eigenvalue weighted by atomic mass is 19.4. The highest BCUT2D eigenvalue weighted by molar-refractivity contribution is 4.50. The van der Waals surface area contributed by atoms with Crippen LogP contribution in [-0.4, -0.2) is 51.9 Å². The fraction of sp³-hybridized carbons (Fsp3) is 1.00. The Morgan fingerprint density at radius 1 is 0.722 bits per heavy atom. The van der Waals surface area contributed by atoms with Crippen molar-refractivity contribution in [3.63, 3.8) is 0 Å². The fourth-order valence-electron chi connectivity index (χ4n) is 0.944. The number of hydrogen-bond donors (Lipinski definition) is 1. The van der Waals surface area contributed by atoms with Crippen LogP contribution in [0.3, 0.4) is 0 Å². The van der Waals surface area contributed by atoms with Crippen LogP contribution in [-0.2, 0) is 9.47 Å². The predicted molar refractivity (Wildman–Crippen MR) is 51.2 cm³/mol. The SMILES string of the molecule is FC(F)(F)COCCCNCCOCC(F)(F)F. The molecule has 0 unspecified atom stereocenters. The topological polar surface area (TPSA) is 30.5 Å². The molecule has 0 amide bonds. The summed E-state index contributed by atoms with van der Waals surface area (Å²) in [5, 5.41) is 2.72. The van der Waals surface area contributed by atoms with Crippen LogP contribution in [0, 0.1) is 0 Å². The maximum absolute atomic E-state index is 11.6. The van der Waals surface area contributed by atoms with Crippen molar-refractivity contribution in [3.8, 4) is 0 Å². The number of hydrogen-bond acceptors (Lipinski definition) is 3. The maximum atomic E-state index is 11.6. The van der Waals surface area contributed by atoms with Gasteiger partial charge in [-0.15, -0.1) is 0 Å². The minimum Gasteiger partial charge on any atom is -0.372 e. The summed E-state index contributed by atoms with van der Waals surface area (Å²) in [6.07, 6.45) is -8.33. The molecular weight excluding hydrogens is 268 g/mol. The van der Waals surface area contributed by atoms with Crippen molar-refractivity contribution in [1.82, 2.24) is 5.32 Å². The van der Waals surface area contributed by atoms with Crippen molar-refractivity contribution >= 4 is 0 Å². The van der Waals surface area contributed by atoms with E-state index in [9.17, 15) is 26.3 Å². The summed E-state index contributed by atoms with van der Waals surface area (Å²) in [6, 6.07) is 0. The monoisotopic (exact) mass is 283 g/mol.